The number of carbonyl (C=O) groups is 2. The second-order valence-corrected chi connectivity index (χ2v) is 4.24. The minimum absolute atomic E-state index is 0.0267. The molecule has 1 aromatic heterocycles. The van der Waals surface area contributed by atoms with Gasteiger partial charge in [-0.3, -0.25) is 4.79 Å². The number of Topliss-reactive ketones (excluding diaryl/α,β-unsaturated/α-hetero) is 1. The molecule has 88 valence electrons. The molecule has 4 heteroatoms. The third-order valence-corrected chi connectivity index (χ3v) is 2.82. The van der Waals surface area contributed by atoms with E-state index < -0.39 is 5.97 Å². The van der Waals surface area contributed by atoms with Gasteiger partial charge in [-0.1, -0.05) is 11.6 Å². The van der Waals surface area contributed by atoms with Crippen LogP contribution in [0.2, 0.25) is 0 Å². The third kappa shape index (κ3) is 1.71. The maximum Gasteiger partial charge on any atom is 0.353 e. The largest absolute Gasteiger partial charge is 0.477 e. The fourth-order valence-electron chi connectivity index (χ4n) is 2.18. The number of carboxylic acids is 1. The summed E-state index contributed by atoms with van der Waals surface area (Å²) in [5, 5.41) is 9.78. The molecule has 0 saturated carbocycles. The zero-order chi connectivity index (χ0) is 12.7. The summed E-state index contributed by atoms with van der Waals surface area (Å²) in [5.41, 5.74) is 2.90. The summed E-state index contributed by atoms with van der Waals surface area (Å²) in [5.74, 6) is -1.35. The van der Waals surface area contributed by atoms with E-state index in [0.717, 1.165) is 16.6 Å². The highest BCUT2D eigenvalue weighted by Gasteiger charge is 2.21. The molecule has 17 heavy (non-hydrogen) atoms. The zero-order valence-electron chi connectivity index (χ0n) is 9.92. The van der Waals surface area contributed by atoms with Gasteiger partial charge in [-0.2, -0.15) is 0 Å². The van der Waals surface area contributed by atoms with Crippen molar-refractivity contribution in [2.75, 3.05) is 0 Å². The number of carbonyl (C=O) groups excluding carboxylic acids is 1. The summed E-state index contributed by atoms with van der Waals surface area (Å²) in [4.78, 5) is 25.5. The smallest absolute Gasteiger partial charge is 0.353 e. The Morgan fingerprint density at radius 2 is 1.88 bits per heavy atom. The lowest BCUT2D eigenvalue weighted by atomic mass is 10.0. The molecule has 0 spiro atoms. The van der Waals surface area contributed by atoms with Crippen LogP contribution in [-0.2, 0) is 0 Å². The summed E-state index contributed by atoms with van der Waals surface area (Å²) >= 11 is 0. The van der Waals surface area contributed by atoms with Gasteiger partial charge >= 0.3 is 5.97 Å². The molecule has 0 aliphatic rings. The van der Waals surface area contributed by atoms with Crippen LogP contribution < -0.4 is 0 Å². The summed E-state index contributed by atoms with van der Waals surface area (Å²) in [6.07, 6.45) is 0. The fourth-order valence-corrected chi connectivity index (χ4v) is 2.18. The highest BCUT2D eigenvalue weighted by molar-refractivity contribution is 6.14. The molecule has 2 N–H and O–H groups in total. The van der Waals surface area contributed by atoms with Crippen LogP contribution in [-0.4, -0.2) is 21.8 Å². The van der Waals surface area contributed by atoms with E-state index in [1.807, 2.05) is 26.0 Å². The first-order valence-electron chi connectivity index (χ1n) is 5.29. The number of aromatic amines is 1. The highest BCUT2D eigenvalue weighted by atomic mass is 16.4. The first kappa shape index (κ1) is 11.4. The molecule has 0 unspecified atom stereocenters. The number of nitrogens with one attached hydrogen (secondary N) is 1. The summed E-state index contributed by atoms with van der Waals surface area (Å²) in [7, 11) is 0. The van der Waals surface area contributed by atoms with Crippen LogP contribution >= 0.6 is 0 Å². The molecule has 0 radical (unpaired) electrons. The Labute approximate surface area is 98.3 Å². The van der Waals surface area contributed by atoms with Crippen LogP contribution in [0.4, 0.5) is 0 Å². The van der Waals surface area contributed by atoms with Crippen molar-refractivity contribution in [3.05, 3.63) is 34.5 Å². The summed E-state index contributed by atoms with van der Waals surface area (Å²) in [6.45, 7) is 5.19. The first-order chi connectivity index (χ1) is 7.91. The lowest BCUT2D eigenvalue weighted by Crippen LogP contribution is -2.04. The molecule has 0 amide bonds. The van der Waals surface area contributed by atoms with E-state index in [1.54, 1.807) is 0 Å². The molecule has 4 nitrogen and oxygen atoms in total. The number of aryl methyl sites for hydroxylation is 2. The predicted octanol–water partition coefficient (Wildman–Crippen LogP) is 2.69. The topological polar surface area (TPSA) is 70.2 Å². The molecule has 1 aromatic carbocycles. The van der Waals surface area contributed by atoms with Crippen molar-refractivity contribution in [1.82, 2.24) is 4.98 Å². The van der Waals surface area contributed by atoms with E-state index in [1.165, 1.54) is 6.92 Å². The van der Waals surface area contributed by atoms with Crippen LogP contribution in [0.1, 0.15) is 38.9 Å². The first-order valence-corrected chi connectivity index (χ1v) is 5.29. The second kappa shape index (κ2) is 3.73. The van der Waals surface area contributed by atoms with E-state index >= 15 is 0 Å². The molecule has 0 aliphatic heterocycles. The normalized spacial score (nSPS) is 10.8. The van der Waals surface area contributed by atoms with Crippen LogP contribution in [0.15, 0.2) is 12.1 Å². The Kier molecular flexibility index (Phi) is 2.50. The highest BCUT2D eigenvalue weighted by Crippen LogP contribution is 2.27. The van der Waals surface area contributed by atoms with Gasteiger partial charge in [-0.15, -0.1) is 0 Å². The van der Waals surface area contributed by atoms with Crippen molar-refractivity contribution in [2.24, 2.45) is 0 Å². The Morgan fingerprint density at radius 3 is 2.41 bits per heavy atom. The maximum atomic E-state index is 11.6. The van der Waals surface area contributed by atoms with Gasteiger partial charge in [0.05, 0.1) is 5.56 Å². The third-order valence-electron chi connectivity index (χ3n) is 2.82. The molecule has 0 aliphatic carbocycles. The van der Waals surface area contributed by atoms with Gasteiger partial charge in [0.15, 0.2) is 5.78 Å². The number of ketones is 1. The number of hydrogen-bond acceptors (Lipinski definition) is 2. The van der Waals surface area contributed by atoms with Gasteiger partial charge in [-0.25, -0.2) is 4.79 Å². The van der Waals surface area contributed by atoms with Gasteiger partial charge in [0.2, 0.25) is 0 Å². The predicted molar refractivity (Wildman–Crippen MR) is 64.7 cm³/mol. The number of aromatic nitrogens is 1. The van der Waals surface area contributed by atoms with Crippen LogP contribution in [0.5, 0.6) is 0 Å². The van der Waals surface area contributed by atoms with Crippen molar-refractivity contribution in [3.8, 4) is 0 Å². The minimum atomic E-state index is -1.11. The Morgan fingerprint density at radius 1 is 1.24 bits per heavy atom. The van der Waals surface area contributed by atoms with Gasteiger partial charge < -0.3 is 10.1 Å². The molecular formula is C13H13NO3. The van der Waals surface area contributed by atoms with Gasteiger partial charge in [0.1, 0.15) is 5.69 Å². The van der Waals surface area contributed by atoms with Gasteiger partial charge in [0, 0.05) is 10.9 Å². The van der Waals surface area contributed by atoms with Crippen LogP contribution in [0.3, 0.4) is 0 Å². The molecule has 1 heterocycles. The maximum absolute atomic E-state index is 11.6. The number of fused-ring (bicyclic) bond motifs is 1. The van der Waals surface area contributed by atoms with E-state index in [4.69, 9.17) is 5.11 Å². The number of rotatable bonds is 2. The average Bonchev–Trinajstić information content (AvgIpc) is 2.56. The number of aromatic carboxylic acids is 1. The molecular weight excluding hydrogens is 218 g/mol. The second-order valence-electron chi connectivity index (χ2n) is 4.24. The van der Waals surface area contributed by atoms with Crippen molar-refractivity contribution in [1.29, 1.82) is 0 Å². The lowest BCUT2D eigenvalue weighted by Gasteiger charge is -2.00. The van der Waals surface area contributed by atoms with Gasteiger partial charge in [0.25, 0.3) is 0 Å². The number of hydrogen-bond donors (Lipinski definition) is 2. The SMILES string of the molecule is CC(=O)c1c(C(=O)O)[nH]c2c(C)cc(C)cc12. The van der Waals surface area contributed by atoms with Crippen molar-refractivity contribution in [3.63, 3.8) is 0 Å². The Bertz CT molecular complexity index is 638. The zero-order valence-corrected chi connectivity index (χ0v) is 9.92. The van der Waals surface area contributed by atoms with E-state index in [9.17, 15) is 9.59 Å². The summed E-state index contributed by atoms with van der Waals surface area (Å²) in [6, 6.07) is 3.79. The Hall–Kier alpha value is -2.10. The van der Waals surface area contributed by atoms with Crippen molar-refractivity contribution >= 4 is 22.7 Å². The van der Waals surface area contributed by atoms with Crippen LogP contribution in [0.25, 0.3) is 10.9 Å². The number of benzene rings is 1. The van der Waals surface area contributed by atoms with Crippen molar-refractivity contribution < 1.29 is 14.7 Å². The van der Waals surface area contributed by atoms with E-state index in [0.29, 0.717) is 5.39 Å². The molecule has 0 bridgehead atoms. The minimum Gasteiger partial charge on any atom is -0.477 e. The number of H-pyrrole nitrogens is 1. The van der Waals surface area contributed by atoms with E-state index in [2.05, 4.69) is 4.98 Å². The lowest BCUT2D eigenvalue weighted by molar-refractivity contribution is 0.0687. The van der Waals surface area contributed by atoms with Crippen LogP contribution in [0, 0.1) is 13.8 Å². The molecule has 0 fully saturated rings. The molecule has 0 atom stereocenters. The average molecular weight is 231 g/mol. The molecule has 0 saturated heterocycles. The summed E-state index contributed by atoms with van der Waals surface area (Å²) < 4.78 is 0. The van der Waals surface area contributed by atoms with E-state index in [-0.39, 0.29) is 17.0 Å². The van der Waals surface area contributed by atoms with Gasteiger partial charge in [-0.05, 0) is 32.4 Å². The monoisotopic (exact) mass is 231 g/mol. The number of carboxylic acid groups (broad SMARTS) is 1. The van der Waals surface area contributed by atoms with Crippen molar-refractivity contribution in [2.45, 2.75) is 20.8 Å². The quantitative estimate of drug-likeness (QED) is 0.780. The molecule has 2 rings (SSSR count). The molecule has 2 aromatic rings. The fraction of sp³-hybridized carbons (Fsp3) is 0.231. The standard InChI is InChI=1S/C13H13NO3/c1-6-4-7(2)11-9(5-6)10(8(3)15)12(14-11)13(16)17/h4-5,14H,1-3H3,(H,16,17). The Balaban J connectivity index is 2.95.